The predicted molar refractivity (Wildman–Crippen MR) is 97.0 cm³/mol. The van der Waals surface area contributed by atoms with E-state index in [1.165, 1.54) is 64.0 Å². The second-order valence-electron chi connectivity index (χ2n) is 7.85. The topological polar surface area (TPSA) is 9.72 Å². The second-order valence-corrected chi connectivity index (χ2v) is 7.85. The van der Waals surface area contributed by atoms with Crippen LogP contribution in [0, 0.1) is 11.6 Å². The number of rotatable bonds is 3. The van der Waals surface area contributed by atoms with Crippen molar-refractivity contribution >= 4 is 5.69 Å². The molecule has 25 heavy (non-hydrogen) atoms. The molecule has 1 aromatic carbocycles. The zero-order valence-corrected chi connectivity index (χ0v) is 15.0. The SMILES string of the molecule is Fc1ccc(N2CCC(N3CCCC(N4CCCC4)C3)CC2)cc1F. The van der Waals surface area contributed by atoms with Gasteiger partial charge in [-0.2, -0.15) is 0 Å². The number of piperidine rings is 2. The van der Waals surface area contributed by atoms with Gasteiger partial charge in [-0.15, -0.1) is 0 Å². The first kappa shape index (κ1) is 17.2. The van der Waals surface area contributed by atoms with Crippen molar-refractivity contribution in [2.45, 2.75) is 50.6 Å². The summed E-state index contributed by atoms with van der Waals surface area (Å²) >= 11 is 0. The highest BCUT2D eigenvalue weighted by molar-refractivity contribution is 5.47. The van der Waals surface area contributed by atoms with Gasteiger partial charge in [-0.25, -0.2) is 8.78 Å². The Labute approximate surface area is 149 Å². The van der Waals surface area contributed by atoms with Crippen molar-refractivity contribution in [3.63, 3.8) is 0 Å². The Kier molecular flexibility index (Phi) is 5.23. The van der Waals surface area contributed by atoms with Crippen LogP contribution in [0.3, 0.4) is 0 Å². The molecule has 1 atom stereocenters. The minimum atomic E-state index is -0.764. The highest BCUT2D eigenvalue weighted by Crippen LogP contribution is 2.27. The molecule has 3 fully saturated rings. The third kappa shape index (κ3) is 3.82. The molecule has 3 aliphatic rings. The van der Waals surface area contributed by atoms with Gasteiger partial charge >= 0.3 is 0 Å². The first-order chi connectivity index (χ1) is 12.2. The van der Waals surface area contributed by atoms with Crippen molar-refractivity contribution in [2.75, 3.05) is 44.2 Å². The van der Waals surface area contributed by atoms with Crippen LogP contribution in [0.15, 0.2) is 18.2 Å². The maximum Gasteiger partial charge on any atom is 0.160 e. The lowest BCUT2D eigenvalue weighted by molar-refractivity contribution is 0.0736. The van der Waals surface area contributed by atoms with E-state index in [-0.39, 0.29) is 0 Å². The van der Waals surface area contributed by atoms with Gasteiger partial charge in [-0.3, -0.25) is 9.80 Å². The summed E-state index contributed by atoms with van der Waals surface area (Å²) in [6, 6.07) is 5.66. The van der Waals surface area contributed by atoms with Gasteiger partial charge in [0.25, 0.3) is 0 Å². The Balaban J connectivity index is 1.32. The fraction of sp³-hybridized carbons (Fsp3) is 0.700. The largest absolute Gasteiger partial charge is 0.371 e. The molecular formula is C20H29F2N3. The van der Waals surface area contributed by atoms with Gasteiger partial charge in [0.15, 0.2) is 11.6 Å². The molecule has 0 spiro atoms. The Hall–Kier alpha value is -1.20. The molecule has 138 valence electrons. The fourth-order valence-corrected chi connectivity index (χ4v) is 4.89. The van der Waals surface area contributed by atoms with E-state index < -0.39 is 11.6 Å². The van der Waals surface area contributed by atoms with Gasteiger partial charge in [0.05, 0.1) is 0 Å². The first-order valence-corrected chi connectivity index (χ1v) is 9.89. The minimum absolute atomic E-state index is 0.645. The molecule has 5 heteroatoms. The van der Waals surface area contributed by atoms with Gasteiger partial charge in [0, 0.05) is 43.5 Å². The Morgan fingerprint density at radius 3 is 2.16 bits per heavy atom. The summed E-state index contributed by atoms with van der Waals surface area (Å²) in [5, 5.41) is 0. The summed E-state index contributed by atoms with van der Waals surface area (Å²) in [4.78, 5) is 7.60. The summed E-state index contributed by atoms with van der Waals surface area (Å²) in [5.74, 6) is -1.51. The van der Waals surface area contributed by atoms with Crippen molar-refractivity contribution in [1.82, 2.24) is 9.80 Å². The molecule has 0 amide bonds. The van der Waals surface area contributed by atoms with Crippen molar-refractivity contribution in [1.29, 1.82) is 0 Å². The van der Waals surface area contributed by atoms with Gasteiger partial charge in [-0.1, -0.05) is 0 Å². The normalized spacial score (nSPS) is 27.1. The summed E-state index contributed by atoms with van der Waals surface area (Å²) in [6.45, 7) is 6.87. The molecule has 1 unspecified atom stereocenters. The summed E-state index contributed by atoms with van der Waals surface area (Å²) < 4.78 is 26.6. The molecule has 0 radical (unpaired) electrons. The molecule has 3 aliphatic heterocycles. The van der Waals surface area contributed by atoms with E-state index in [2.05, 4.69) is 14.7 Å². The van der Waals surface area contributed by atoms with Gasteiger partial charge in [0.2, 0.25) is 0 Å². The van der Waals surface area contributed by atoms with Crippen LogP contribution in [-0.4, -0.2) is 61.2 Å². The fourth-order valence-electron chi connectivity index (χ4n) is 4.89. The standard InChI is InChI=1S/C20H29F2N3/c21-19-6-5-17(14-20(19)22)24-12-7-16(8-13-24)25-11-3-4-18(15-25)23-9-1-2-10-23/h5-6,14,16,18H,1-4,7-13,15H2. The minimum Gasteiger partial charge on any atom is -0.371 e. The third-order valence-corrected chi connectivity index (χ3v) is 6.33. The van der Waals surface area contributed by atoms with Crippen molar-refractivity contribution in [3.8, 4) is 0 Å². The van der Waals surface area contributed by atoms with Crippen molar-refractivity contribution < 1.29 is 8.78 Å². The Morgan fingerprint density at radius 1 is 0.720 bits per heavy atom. The molecule has 0 aromatic heterocycles. The van der Waals surface area contributed by atoms with Crippen LogP contribution in [0.1, 0.15) is 38.5 Å². The molecule has 0 saturated carbocycles. The maximum atomic E-state index is 13.5. The zero-order valence-electron chi connectivity index (χ0n) is 15.0. The van der Waals surface area contributed by atoms with Gasteiger partial charge < -0.3 is 4.90 Å². The van der Waals surface area contributed by atoms with Crippen molar-refractivity contribution in [3.05, 3.63) is 29.8 Å². The van der Waals surface area contributed by atoms with E-state index in [1.54, 1.807) is 6.07 Å². The molecule has 0 bridgehead atoms. The number of likely N-dealkylation sites (tertiary alicyclic amines) is 2. The van der Waals surface area contributed by atoms with Crippen LogP contribution in [0.2, 0.25) is 0 Å². The average Bonchev–Trinajstić information content (AvgIpc) is 3.19. The number of hydrogen-bond donors (Lipinski definition) is 0. The number of hydrogen-bond acceptors (Lipinski definition) is 3. The molecule has 3 heterocycles. The van der Waals surface area contributed by atoms with E-state index in [1.807, 2.05) is 0 Å². The third-order valence-electron chi connectivity index (χ3n) is 6.33. The molecule has 0 aliphatic carbocycles. The van der Waals surface area contributed by atoms with E-state index in [9.17, 15) is 8.78 Å². The quantitative estimate of drug-likeness (QED) is 0.827. The van der Waals surface area contributed by atoms with E-state index >= 15 is 0 Å². The average molecular weight is 349 g/mol. The molecule has 1 aromatic rings. The van der Waals surface area contributed by atoms with Crippen LogP contribution in [0.4, 0.5) is 14.5 Å². The number of benzene rings is 1. The van der Waals surface area contributed by atoms with Crippen LogP contribution in [0.5, 0.6) is 0 Å². The monoisotopic (exact) mass is 349 g/mol. The lowest BCUT2D eigenvalue weighted by Crippen LogP contribution is -2.53. The lowest BCUT2D eigenvalue weighted by atomic mass is 9.97. The van der Waals surface area contributed by atoms with Crippen LogP contribution in [0.25, 0.3) is 0 Å². The predicted octanol–water partition coefficient (Wildman–Crippen LogP) is 3.49. The van der Waals surface area contributed by atoms with Crippen molar-refractivity contribution in [2.24, 2.45) is 0 Å². The second kappa shape index (κ2) is 7.58. The number of halogens is 2. The van der Waals surface area contributed by atoms with Crippen LogP contribution in [-0.2, 0) is 0 Å². The zero-order chi connectivity index (χ0) is 17.2. The van der Waals surface area contributed by atoms with E-state index in [0.717, 1.165) is 37.7 Å². The number of anilines is 1. The Morgan fingerprint density at radius 2 is 1.44 bits per heavy atom. The Bertz CT molecular complexity index is 580. The highest BCUT2D eigenvalue weighted by Gasteiger charge is 2.32. The van der Waals surface area contributed by atoms with Gasteiger partial charge in [0.1, 0.15) is 0 Å². The van der Waals surface area contributed by atoms with Gasteiger partial charge in [-0.05, 0) is 70.3 Å². The summed E-state index contributed by atoms with van der Waals surface area (Å²) in [6.07, 6.45) is 7.62. The molecule has 3 nitrogen and oxygen atoms in total. The molecule has 3 saturated heterocycles. The first-order valence-electron chi connectivity index (χ1n) is 9.89. The number of nitrogens with zero attached hydrogens (tertiary/aromatic N) is 3. The van der Waals surface area contributed by atoms with E-state index in [0.29, 0.717) is 6.04 Å². The maximum absolute atomic E-state index is 13.5. The molecule has 0 N–H and O–H groups in total. The molecule has 4 rings (SSSR count). The lowest BCUT2D eigenvalue weighted by Gasteiger charge is -2.44. The summed E-state index contributed by atoms with van der Waals surface area (Å²) in [7, 11) is 0. The highest BCUT2D eigenvalue weighted by atomic mass is 19.2. The summed E-state index contributed by atoms with van der Waals surface area (Å²) in [5.41, 5.74) is 0.811. The smallest absolute Gasteiger partial charge is 0.160 e. The van der Waals surface area contributed by atoms with Crippen LogP contribution < -0.4 is 4.90 Å². The van der Waals surface area contributed by atoms with E-state index in [4.69, 9.17) is 0 Å². The molecular weight excluding hydrogens is 320 g/mol. The van der Waals surface area contributed by atoms with Crippen LogP contribution >= 0.6 is 0 Å².